The van der Waals surface area contributed by atoms with Crippen molar-refractivity contribution in [3.8, 4) is 0 Å². The number of likely N-dealkylation sites (tertiary alicyclic amines) is 1. The van der Waals surface area contributed by atoms with Crippen molar-refractivity contribution in [1.82, 2.24) is 4.90 Å². The summed E-state index contributed by atoms with van der Waals surface area (Å²) in [6.07, 6.45) is 0. The first-order valence-electron chi connectivity index (χ1n) is 6.98. The van der Waals surface area contributed by atoms with Crippen LogP contribution >= 0.6 is 0 Å². The van der Waals surface area contributed by atoms with Crippen LogP contribution in [0.3, 0.4) is 0 Å². The summed E-state index contributed by atoms with van der Waals surface area (Å²) in [5.74, 6) is 0.647. The zero-order valence-corrected chi connectivity index (χ0v) is 12.2. The lowest BCUT2D eigenvalue weighted by atomic mass is 10.0. The number of halogens is 1. The van der Waals surface area contributed by atoms with E-state index in [1.807, 2.05) is 6.92 Å². The number of hydrogen-bond donors (Lipinski definition) is 2. The number of nitrogen functional groups attached to an aromatic ring is 1. The van der Waals surface area contributed by atoms with Crippen LogP contribution in [0.5, 0.6) is 0 Å². The van der Waals surface area contributed by atoms with E-state index in [1.165, 1.54) is 18.2 Å². The van der Waals surface area contributed by atoms with Gasteiger partial charge in [-0.2, -0.15) is 0 Å². The molecular formula is C15H22FN3O. The van der Waals surface area contributed by atoms with Crippen LogP contribution in [0.25, 0.3) is 0 Å². The third-order valence-corrected chi connectivity index (χ3v) is 4.21. The molecule has 0 saturated carbocycles. The van der Waals surface area contributed by atoms with Crippen LogP contribution in [-0.4, -0.2) is 29.9 Å². The van der Waals surface area contributed by atoms with Crippen molar-refractivity contribution in [2.24, 2.45) is 11.8 Å². The third-order valence-electron chi connectivity index (χ3n) is 4.21. The first kappa shape index (κ1) is 14.8. The first-order chi connectivity index (χ1) is 9.38. The van der Waals surface area contributed by atoms with E-state index in [0.717, 1.165) is 13.1 Å². The van der Waals surface area contributed by atoms with Gasteiger partial charge >= 0.3 is 0 Å². The predicted molar refractivity (Wildman–Crippen MR) is 78.8 cm³/mol. The second-order valence-corrected chi connectivity index (χ2v) is 5.81. The number of nitrogens with zero attached hydrogens (tertiary/aromatic N) is 1. The van der Waals surface area contributed by atoms with Crippen molar-refractivity contribution in [3.63, 3.8) is 0 Å². The highest BCUT2D eigenvalue weighted by Gasteiger charge is 2.32. The van der Waals surface area contributed by atoms with Crippen LogP contribution in [0.15, 0.2) is 18.2 Å². The summed E-state index contributed by atoms with van der Waals surface area (Å²) in [7, 11) is 0. The monoisotopic (exact) mass is 279 g/mol. The van der Waals surface area contributed by atoms with Gasteiger partial charge in [0.2, 0.25) is 5.91 Å². The molecular weight excluding hydrogens is 257 g/mol. The van der Waals surface area contributed by atoms with Gasteiger partial charge in [-0.05, 0) is 37.0 Å². The number of benzene rings is 1. The first-order valence-corrected chi connectivity index (χ1v) is 6.98. The van der Waals surface area contributed by atoms with Crippen LogP contribution in [-0.2, 0) is 4.79 Å². The Balaban J connectivity index is 1.99. The van der Waals surface area contributed by atoms with Crippen molar-refractivity contribution in [2.75, 3.05) is 24.1 Å². The highest BCUT2D eigenvalue weighted by Crippen LogP contribution is 2.24. The molecule has 110 valence electrons. The van der Waals surface area contributed by atoms with Crippen LogP contribution in [0.2, 0.25) is 0 Å². The second kappa shape index (κ2) is 5.79. The Morgan fingerprint density at radius 2 is 2.00 bits per heavy atom. The molecule has 1 saturated heterocycles. The molecule has 0 radical (unpaired) electrons. The van der Waals surface area contributed by atoms with Gasteiger partial charge in [0.05, 0.1) is 11.7 Å². The fourth-order valence-corrected chi connectivity index (χ4v) is 2.52. The molecule has 0 aliphatic carbocycles. The molecule has 20 heavy (non-hydrogen) atoms. The molecule has 3 unspecified atom stereocenters. The SMILES string of the molecule is CC1CN(C(C)C(=O)Nc2ccc(F)c(N)c2)CC1C. The second-order valence-electron chi connectivity index (χ2n) is 5.81. The molecule has 0 spiro atoms. The van der Waals surface area contributed by atoms with Crippen molar-refractivity contribution >= 4 is 17.3 Å². The number of carbonyl (C=O) groups excluding carboxylic acids is 1. The van der Waals surface area contributed by atoms with Gasteiger partial charge in [-0.3, -0.25) is 9.69 Å². The number of nitrogens with one attached hydrogen (secondary N) is 1. The van der Waals surface area contributed by atoms with E-state index >= 15 is 0 Å². The smallest absolute Gasteiger partial charge is 0.241 e. The average molecular weight is 279 g/mol. The van der Waals surface area contributed by atoms with Gasteiger partial charge in [0.25, 0.3) is 0 Å². The summed E-state index contributed by atoms with van der Waals surface area (Å²) in [6, 6.07) is 4.02. The van der Waals surface area contributed by atoms with Crippen LogP contribution in [0, 0.1) is 17.7 Å². The summed E-state index contributed by atoms with van der Waals surface area (Å²) >= 11 is 0. The number of hydrogen-bond acceptors (Lipinski definition) is 3. The van der Waals surface area contributed by atoms with E-state index in [4.69, 9.17) is 5.73 Å². The molecule has 1 heterocycles. The quantitative estimate of drug-likeness (QED) is 0.835. The summed E-state index contributed by atoms with van der Waals surface area (Å²) in [5, 5.41) is 2.79. The molecule has 3 atom stereocenters. The average Bonchev–Trinajstić information content (AvgIpc) is 2.73. The van der Waals surface area contributed by atoms with E-state index in [1.54, 1.807) is 0 Å². The Labute approximate surface area is 119 Å². The summed E-state index contributed by atoms with van der Waals surface area (Å²) in [6.45, 7) is 8.17. The normalized spacial score (nSPS) is 24.6. The Morgan fingerprint density at radius 1 is 1.40 bits per heavy atom. The van der Waals surface area contributed by atoms with Crippen LogP contribution in [0.4, 0.5) is 15.8 Å². The Bertz CT molecular complexity index is 496. The fraction of sp³-hybridized carbons (Fsp3) is 0.533. The number of rotatable bonds is 3. The minimum absolute atomic E-state index is 0.0406. The standard InChI is InChI=1S/C15H22FN3O/c1-9-7-19(8-10(9)2)11(3)15(20)18-12-4-5-13(16)14(17)6-12/h4-6,9-11H,7-8,17H2,1-3H3,(H,18,20). The molecule has 1 aromatic rings. The van der Waals surface area contributed by atoms with Crippen molar-refractivity contribution in [2.45, 2.75) is 26.8 Å². The largest absolute Gasteiger partial charge is 0.396 e. The number of carbonyl (C=O) groups is 1. The van der Waals surface area contributed by atoms with Crippen molar-refractivity contribution in [3.05, 3.63) is 24.0 Å². The Kier molecular flexibility index (Phi) is 4.28. The highest BCUT2D eigenvalue weighted by molar-refractivity contribution is 5.94. The van der Waals surface area contributed by atoms with E-state index < -0.39 is 5.82 Å². The van der Waals surface area contributed by atoms with Gasteiger partial charge < -0.3 is 11.1 Å². The molecule has 3 N–H and O–H groups in total. The highest BCUT2D eigenvalue weighted by atomic mass is 19.1. The Morgan fingerprint density at radius 3 is 2.55 bits per heavy atom. The molecule has 1 aliphatic heterocycles. The molecule has 0 bridgehead atoms. The van der Waals surface area contributed by atoms with Gasteiger partial charge in [-0.15, -0.1) is 0 Å². The molecule has 1 amide bonds. The van der Waals surface area contributed by atoms with Gasteiger partial charge in [0.15, 0.2) is 0 Å². The molecule has 1 aliphatic rings. The predicted octanol–water partition coefficient (Wildman–Crippen LogP) is 2.32. The molecule has 2 rings (SSSR count). The summed E-state index contributed by atoms with van der Waals surface area (Å²) < 4.78 is 13.1. The van der Waals surface area contributed by atoms with E-state index in [9.17, 15) is 9.18 Å². The lowest BCUT2D eigenvalue weighted by molar-refractivity contribution is -0.120. The fourth-order valence-electron chi connectivity index (χ4n) is 2.52. The number of nitrogens with two attached hydrogens (primary N) is 1. The van der Waals surface area contributed by atoms with E-state index in [2.05, 4.69) is 24.1 Å². The maximum absolute atomic E-state index is 13.1. The van der Waals surface area contributed by atoms with Gasteiger partial charge in [-0.1, -0.05) is 13.8 Å². The lowest BCUT2D eigenvalue weighted by Gasteiger charge is -2.23. The van der Waals surface area contributed by atoms with Crippen LogP contribution in [0.1, 0.15) is 20.8 Å². The minimum Gasteiger partial charge on any atom is -0.396 e. The lowest BCUT2D eigenvalue weighted by Crippen LogP contribution is -2.40. The van der Waals surface area contributed by atoms with Gasteiger partial charge in [0.1, 0.15) is 5.82 Å². The van der Waals surface area contributed by atoms with Crippen molar-refractivity contribution < 1.29 is 9.18 Å². The summed E-state index contributed by atoms with van der Waals surface area (Å²) in [5.41, 5.74) is 6.06. The zero-order chi connectivity index (χ0) is 14.9. The maximum Gasteiger partial charge on any atom is 0.241 e. The maximum atomic E-state index is 13.1. The molecule has 5 heteroatoms. The van der Waals surface area contributed by atoms with Gasteiger partial charge in [0, 0.05) is 18.8 Å². The van der Waals surface area contributed by atoms with Crippen molar-refractivity contribution in [1.29, 1.82) is 0 Å². The Hall–Kier alpha value is -1.62. The third kappa shape index (κ3) is 3.10. The molecule has 1 fully saturated rings. The molecule has 0 aromatic heterocycles. The molecule has 1 aromatic carbocycles. The summed E-state index contributed by atoms with van der Waals surface area (Å²) in [4.78, 5) is 14.4. The minimum atomic E-state index is -0.474. The zero-order valence-electron chi connectivity index (χ0n) is 12.2. The molecule has 4 nitrogen and oxygen atoms in total. The number of anilines is 2. The van der Waals surface area contributed by atoms with E-state index in [0.29, 0.717) is 17.5 Å². The van der Waals surface area contributed by atoms with Gasteiger partial charge in [-0.25, -0.2) is 4.39 Å². The number of amides is 1. The topological polar surface area (TPSA) is 58.4 Å². The van der Waals surface area contributed by atoms with Crippen LogP contribution < -0.4 is 11.1 Å². The van der Waals surface area contributed by atoms with E-state index in [-0.39, 0.29) is 17.6 Å².